The van der Waals surface area contributed by atoms with Crippen molar-refractivity contribution in [2.24, 2.45) is 56.7 Å². The van der Waals surface area contributed by atoms with Gasteiger partial charge in [0, 0.05) is 0 Å². The molecule has 0 aromatic rings. The smallest absolute Gasteiger partial charge is 0.00854 e. The second-order valence-electron chi connectivity index (χ2n) is 14.4. The molecule has 0 nitrogen and oxygen atoms in total. The van der Waals surface area contributed by atoms with Gasteiger partial charge in [-0.1, -0.05) is 60.1 Å². The van der Waals surface area contributed by atoms with Gasteiger partial charge in [-0.3, -0.25) is 0 Å². The summed E-state index contributed by atoms with van der Waals surface area (Å²) in [5, 5.41) is 0. The fourth-order valence-corrected chi connectivity index (χ4v) is 11.7. The summed E-state index contributed by atoms with van der Waals surface area (Å²) in [6.07, 6.45) is 17.3. The molecule has 5 aliphatic carbocycles. The van der Waals surface area contributed by atoms with Gasteiger partial charge in [0.15, 0.2) is 0 Å². The Morgan fingerprint density at radius 2 is 1.30 bits per heavy atom. The van der Waals surface area contributed by atoms with Crippen molar-refractivity contribution in [3.8, 4) is 0 Å². The van der Waals surface area contributed by atoms with E-state index in [2.05, 4.69) is 61.5 Å². The van der Waals surface area contributed by atoms with Crippen LogP contribution in [0.2, 0.25) is 0 Å². The molecule has 0 aliphatic heterocycles. The SMILES string of the molecule is CC1=CCC[C@H]2[C@]3(C)CC[C@@]4(C)[C@@H]5CC[C@H](C(C)C)[C@@]5(C)CC[C@]4(C)[C@@H]3CC[C@]12C. The third-order valence-corrected chi connectivity index (χ3v) is 13.5. The molecule has 5 rings (SSSR count). The van der Waals surface area contributed by atoms with Crippen LogP contribution in [0.5, 0.6) is 0 Å². The number of rotatable bonds is 1. The molecule has 170 valence electrons. The Balaban J connectivity index is 1.54. The number of hydrogen-bond acceptors (Lipinski definition) is 0. The van der Waals surface area contributed by atoms with E-state index < -0.39 is 0 Å². The van der Waals surface area contributed by atoms with E-state index in [0.29, 0.717) is 27.1 Å². The van der Waals surface area contributed by atoms with E-state index in [1.165, 1.54) is 64.2 Å². The summed E-state index contributed by atoms with van der Waals surface area (Å²) in [5.74, 6) is 4.62. The monoisotopic (exact) mass is 410 g/mol. The maximum absolute atomic E-state index is 2.80. The predicted octanol–water partition coefficient (Wildman–Crippen LogP) is 9.05. The van der Waals surface area contributed by atoms with Crippen molar-refractivity contribution >= 4 is 0 Å². The van der Waals surface area contributed by atoms with Crippen LogP contribution in [0.1, 0.15) is 120 Å². The lowest BCUT2D eigenvalue weighted by Crippen LogP contribution is -2.65. The van der Waals surface area contributed by atoms with Crippen molar-refractivity contribution in [1.29, 1.82) is 0 Å². The predicted molar refractivity (Wildman–Crippen MR) is 129 cm³/mol. The normalized spacial score (nSPS) is 57.8. The highest BCUT2D eigenvalue weighted by Gasteiger charge is 2.71. The van der Waals surface area contributed by atoms with Crippen LogP contribution in [-0.2, 0) is 0 Å². The fourth-order valence-electron chi connectivity index (χ4n) is 11.7. The maximum Gasteiger partial charge on any atom is -0.00854 e. The highest BCUT2D eigenvalue weighted by atomic mass is 14.7. The zero-order chi connectivity index (χ0) is 21.7. The van der Waals surface area contributed by atoms with Crippen LogP contribution in [-0.4, -0.2) is 0 Å². The average molecular weight is 411 g/mol. The first kappa shape index (κ1) is 21.6. The molecule has 9 atom stereocenters. The topological polar surface area (TPSA) is 0 Å². The van der Waals surface area contributed by atoms with Crippen molar-refractivity contribution in [3.05, 3.63) is 11.6 Å². The van der Waals surface area contributed by atoms with Crippen LogP contribution in [0.4, 0.5) is 0 Å². The van der Waals surface area contributed by atoms with Crippen molar-refractivity contribution in [1.82, 2.24) is 0 Å². The minimum atomic E-state index is 0.479. The van der Waals surface area contributed by atoms with Crippen LogP contribution in [0.15, 0.2) is 11.6 Å². The van der Waals surface area contributed by atoms with Gasteiger partial charge < -0.3 is 0 Å². The van der Waals surface area contributed by atoms with E-state index in [-0.39, 0.29) is 0 Å². The van der Waals surface area contributed by atoms with Gasteiger partial charge in [-0.05, 0) is 128 Å². The van der Waals surface area contributed by atoms with Crippen LogP contribution < -0.4 is 0 Å². The van der Waals surface area contributed by atoms with Crippen LogP contribution in [0.25, 0.3) is 0 Å². The molecule has 30 heavy (non-hydrogen) atoms. The van der Waals surface area contributed by atoms with Gasteiger partial charge in [0.2, 0.25) is 0 Å². The Morgan fingerprint density at radius 1 is 0.700 bits per heavy atom. The highest BCUT2D eigenvalue weighted by Crippen LogP contribution is 2.78. The molecule has 0 aromatic heterocycles. The molecule has 0 aromatic carbocycles. The molecule has 0 heteroatoms. The number of fused-ring (bicyclic) bond motifs is 7. The van der Waals surface area contributed by atoms with Crippen molar-refractivity contribution in [3.63, 3.8) is 0 Å². The Bertz CT molecular complexity index is 745. The number of allylic oxidation sites excluding steroid dienone is 2. The minimum Gasteiger partial charge on any atom is -0.0850 e. The van der Waals surface area contributed by atoms with Crippen LogP contribution in [0, 0.1) is 56.7 Å². The lowest BCUT2D eigenvalue weighted by Gasteiger charge is -2.73. The Labute approximate surface area is 188 Å². The molecular weight excluding hydrogens is 360 g/mol. The maximum atomic E-state index is 2.80. The molecule has 4 fully saturated rings. The summed E-state index contributed by atoms with van der Waals surface area (Å²) in [4.78, 5) is 0. The fraction of sp³-hybridized carbons (Fsp3) is 0.933. The molecular formula is C30H50. The van der Waals surface area contributed by atoms with Gasteiger partial charge in [0.25, 0.3) is 0 Å². The summed E-state index contributed by atoms with van der Waals surface area (Å²) in [5.41, 5.74) is 4.47. The largest absolute Gasteiger partial charge is 0.0850 e. The van der Waals surface area contributed by atoms with E-state index >= 15 is 0 Å². The quantitative estimate of drug-likeness (QED) is 0.378. The summed E-state index contributed by atoms with van der Waals surface area (Å²) in [6.45, 7) is 21.2. The van der Waals surface area contributed by atoms with E-state index in [0.717, 1.165) is 29.6 Å². The summed E-state index contributed by atoms with van der Waals surface area (Å²) in [6, 6.07) is 0. The van der Waals surface area contributed by atoms with E-state index in [9.17, 15) is 0 Å². The van der Waals surface area contributed by atoms with Gasteiger partial charge in [-0.2, -0.15) is 0 Å². The molecule has 5 aliphatic rings. The average Bonchev–Trinajstić information content (AvgIpc) is 3.04. The van der Waals surface area contributed by atoms with Gasteiger partial charge in [-0.15, -0.1) is 0 Å². The second kappa shape index (κ2) is 6.41. The molecule has 4 saturated carbocycles. The van der Waals surface area contributed by atoms with E-state index in [1.54, 1.807) is 5.57 Å². The van der Waals surface area contributed by atoms with Gasteiger partial charge >= 0.3 is 0 Å². The summed E-state index contributed by atoms with van der Waals surface area (Å²) >= 11 is 0. The van der Waals surface area contributed by atoms with Crippen LogP contribution in [0.3, 0.4) is 0 Å². The highest BCUT2D eigenvalue weighted by molar-refractivity contribution is 5.25. The van der Waals surface area contributed by atoms with Gasteiger partial charge in [0.1, 0.15) is 0 Å². The lowest BCUT2D eigenvalue weighted by molar-refractivity contribution is -0.235. The second-order valence-corrected chi connectivity index (χ2v) is 14.4. The standard InChI is InChI=1S/C30H50/c1-20(2)22-12-13-24-27(22,5)16-18-30(8)25-14-15-26(4)21(3)10-9-11-23(26)28(25,6)17-19-29(24,30)7/h10,20,22-25H,9,11-19H2,1-8H3/t22-,23-,24-,25-,26-,27-,28+,29+,30-/m1/s1. The molecule has 0 spiro atoms. The summed E-state index contributed by atoms with van der Waals surface area (Å²) in [7, 11) is 0. The molecule has 0 heterocycles. The molecule has 0 bridgehead atoms. The van der Waals surface area contributed by atoms with E-state index in [4.69, 9.17) is 0 Å². The molecule has 0 N–H and O–H groups in total. The van der Waals surface area contributed by atoms with E-state index in [1.807, 2.05) is 0 Å². The first-order chi connectivity index (χ1) is 13.9. The molecule has 0 saturated heterocycles. The first-order valence-electron chi connectivity index (χ1n) is 13.6. The lowest BCUT2D eigenvalue weighted by atomic mass is 9.32. The Morgan fingerprint density at radius 3 is 1.93 bits per heavy atom. The number of hydrogen-bond donors (Lipinski definition) is 0. The molecule has 0 radical (unpaired) electrons. The Hall–Kier alpha value is -0.260. The van der Waals surface area contributed by atoms with Crippen molar-refractivity contribution in [2.45, 2.75) is 120 Å². The molecule has 0 amide bonds. The van der Waals surface area contributed by atoms with Gasteiger partial charge in [0.05, 0.1) is 0 Å². The zero-order valence-corrected chi connectivity index (χ0v) is 21.5. The first-order valence-corrected chi connectivity index (χ1v) is 13.6. The zero-order valence-electron chi connectivity index (χ0n) is 21.5. The third-order valence-electron chi connectivity index (χ3n) is 13.5. The molecule has 0 unspecified atom stereocenters. The minimum absolute atomic E-state index is 0.479. The Kier molecular flexibility index (Phi) is 4.61. The van der Waals surface area contributed by atoms with Crippen molar-refractivity contribution < 1.29 is 0 Å². The van der Waals surface area contributed by atoms with Gasteiger partial charge in [-0.25, -0.2) is 0 Å². The van der Waals surface area contributed by atoms with Crippen molar-refractivity contribution in [2.75, 3.05) is 0 Å². The third kappa shape index (κ3) is 2.36. The van der Waals surface area contributed by atoms with Crippen LogP contribution >= 0.6 is 0 Å². The summed E-state index contributed by atoms with van der Waals surface area (Å²) < 4.78 is 0.